The third-order valence-corrected chi connectivity index (χ3v) is 2.58. The molecule has 0 aromatic rings. The number of hydrogen-bond acceptors (Lipinski definition) is 2. The topological polar surface area (TPSA) is 34.1 Å². The summed E-state index contributed by atoms with van der Waals surface area (Å²) in [5.41, 5.74) is 0. The summed E-state index contributed by atoms with van der Waals surface area (Å²) in [6.45, 7) is 1.59. The van der Waals surface area contributed by atoms with Crippen molar-refractivity contribution in [3.8, 4) is 0 Å². The van der Waals surface area contributed by atoms with E-state index in [0.29, 0.717) is 5.90 Å². The van der Waals surface area contributed by atoms with Crippen LogP contribution in [0.15, 0.2) is 0 Å². The van der Waals surface area contributed by atoms with Crippen molar-refractivity contribution in [2.45, 2.75) is 0 Å². The summed E-state index contributed by atoms with van der Waals surface area (Å²) in [6.07, 6.45) is 0. The third-order valence-electron chi connectivity index (χ3n) is 0.287. The van der Waals surface area contributed by atoms with Gasteiger partial charge in [-0.3, -0.25) is 4.57 Å². The zero-order valence-electron chi connectivity index (χ0n) is 8.20. The summed E-state index contributed by atoms with van der Waals surface area (Å²) in [7, 11) is -1.45. The van der Waals surface area contributed by atoms with Crippen molar-refractivity contribution in [1.29, 1.82) is 0 Å². The van der Waals surface area contributed by atoms with Gasteiger partial charge in [0.15, 0.2) is 8.46 Å². The van der Waals surface area contributed by atoms with Gasteiger partial charge in [0, 0.05) is 98.1 Å². The van der Waals surface area contributed by atoms with Gasteiger partial charge in [-0.2, -0.15) is 0 Å². The van der Waals surface area contributed by atoms with E-state index in [4.69, 9.17) is 0 Å². The molecule has 1 atom stereocenters. The minimum Gasteiger partial charge on any atom is -0.358 e. The van der Waals surface area contributed by atoms with E-state index in [0.717, 1.165) is 0 Å². The van der Waals surface area contributed by atoms with E-state index in [2.05, 4.69) is 0 Å². The van der Waals surface area contributed by atoms with E-state index in [-0.39, 0.29) is 129 Å². The maximum atomic E-state index is 10.0. The zero-order valence-corrected chi connectivity index (χ0v) is 18.6. The first kappa shape index (κ1) is 44.9. The standard InChI is InChI=1S/C2H6O2P2.3CH3.3Y/c1-6(4)2-5-3;;;;;;/h6H,2H2,1H3;3*1H3;;;/q;3*-1;;;. The maximum absolute atomic E-state index is 10.0. The van der Waals surface area contributed by atoms with Gasteiger partial charge in [-0.15, -0.1) is 0 Å². The van der Waals surface area contributed by atoms with Gasteiger partial charge in [0.05, 0.1) is 13.7 Å². The van der Waals surface area contributed by atoms with Crippen LogP contribution in [0.4, 0.5) is 0 Å². The molecule has 0 saturated heterocycles. The Kier molecular flexibility index (Phi) is 137. The molecule has 7 heteroatoms. The Hall–Kier alpha value is 3.64. The molecule has 0 aliphatic heterocycles. The van der Waals surface area contributed by atoms with Crippen LogP contribution in [-0.2, 0) is 107 Å². The minimum atomic E-state index is -1.46. The van der Waals surface area contributed by atoms with Crippen LogP contribution in [0.5, 0.6) is 0 Å². The molecule has 0 N–H and O–H groups in total. The average Bonchev–Trinajstić information content (AvgIpc) is 1.35. The zero-order chi connectivity index (χ0) is 4.99. The minimum absolute atomic E-state index is 0. The fraction of sp³-hybridized carbons (Fsp3) is 0.400. The van der Waals surface area contributed by atoms with Crippen molar-refractivity contribution in [3.05, 3.63) is 22.3 Å². The van der Waals surface area contributed by atoms with Crippen molar-refractivity contribution in [2.75, 3.05) is 12.6 Å². The van der Waals surface area contributed by atoms with Gasteiger partial charge in [-0.25, -0.2) is 0 Å². The van der Waals surface area contributed by atoms with Gasteiger partial charge in [0.2, 0.25) is 0 Å². The Bertz CT molecular complexity index is 83.1. The van der Waals surface area contributed by atoms with Crippen molar-refractivity contribution in [2.24, 2.45) is 0 Å². The molecule has 0 bridgehead atoms. The molecular weight excluding hydrogens is 421 g/mol. The van der Waals surface area contributed by atoms with E-state index in [1.165, 1.54) is 0 Å². The summed E-state index contributed by atoms with van der Waals surface area (Å²) in [5, 5.41) is 0. The van der Waals surface area contributed by atoms with E-state index in [1.807, 2.05) is 0 Å². The summed E-state index contributed by atoms with van der Waals surface area (Å²) < 4.78 is 19.6. The molecule has 0 fully saturated rings. The maximum Gasteiger partial charge on any atom is 0.162 e. The Labute approximate surface area is 155 Å². The predicted octanol–water partition coefficient (Wildman–Crippen LogP) is 2.77. The van der Waals surface area contributed by atoms with Gasteiger partial charge in [-0.05, 0) is 6.66 Å². The van der Waals surface area contributed by atoms with Crippen LogP contribution in [-0.4, -0.2) is 12.6 Å². The molecule has 1 unspecified atom stereocenters. The van der Waals surface area contributed by atoms with Crippen LogP contribution in [0.25, 0.3) is 0 Å². The third kappa shape index (κ3) is 49.4. The fourth-order valence-corrected chi connectivity index (χ4v) is 0.818. The van der Waals surface area contributed by atoms with Gasteiger partial charge in [0.1, 0.15) is 0 Å². The monoisotopic (exact) mass is 436 g/mol. The average molecular weight is 436 g/mol. The van der Waals surface area contributed by atoms with Gasteiger partial charge >= 0.3 is 0 Å². The van der Waals surface area contributed by atoms with Crippen LogP contribution in [0, 0.1) is 22.3 Å². The number of rotatable bonds is 2. The molecular formula is C5H15O2P2Y3-3. The molecule has 0 aliphatic carbocycles. The fourth-order valence-electron chi connectivity index (χ4n) is 0.0909. The van der Waals surface area contributed by atoms with Crippen LogP contribution < -0.4 is 0 Å². The molecule has 0 spiro atoms. The Morgan fingerprint density at radius 1 is 1.08 bits per heavy atom. The largest absolute Gasteiger partial charge is 0.358 e. The van der Waals surface area contributed by atoms with E-state index < -0.39 is 7.80 Å². The van der Waals surface area contributed by atoms with Gasteiger partial charge in [-0.1, -0.05) is 0 Å². The van der Waals surface area contributed by atoms with Crippen LogP contribution >= 0.6 is 16.3 Å². The molecule has 0 aliphatic rings. The van der Waals surface area contributed by atoms with Crippen molar-refractivity contribution in [1.82, 2.24) is 0 Å². The predicted molar refractivity (Wildman–Crippen MR) is 46.6 cm³/mol. The summed E-state index contributed by atoms with van der Waals surface area (Å²) >= 11 is 0. The molecule has 0 rings (SSSR count). The summed E-state index contributed by atoms with van der Waals surface area (Å²) in [4.78, 5) is 0. The quantitative estimate of drug-likeness (QED) is 0.494. The summed E-state index contributed by atoms with van der Waals surface area (Å²) in [6, 6.07) is 0. The van der Waals surface area contributed by atoms with Crippen molar-refractivity contribution in [3.63, 3.8) is 0 Å². The first-order chi connectivity index (χ1) is 2.77. The summed E-state index contributed by atoms with van der Waals surface area (Å²) in [5.74, 6) is 0.338. The second kappa shape index (κ2) is 36.5. The van der Waals surface area contributed by atoms with Crippen molar-refractivity contribution >= 4 is 16.3 Å². The van der Waals surface area contributed by atoms with Gasteiger partial charge in [0.25, 0.3) is 0 Å². The normalized spacial score (nSPS) is 7.42. The molecule has 0 amide bonds. The van der Waals surface area contributed by atoms with Crippen LogP contribution in [0.1, 0.15) is 0 Å². The molecule has 0 aromatic heterocycles. The van der Waals surface area contributed by atoms with E-state index in [9.17, 15) is 9.13 Å². The molecule has 0 saturated carbocycles. The number of hydrogen-bond donors (Lipinski definition) is 0. The molecule has 0 heterocycles. The first-order valence-electron chi connectivity index (χ1n) is 1.56. The SMILES string of the molecule is C[PH](=O)CP=O.[CH3-].[CH3-].[CH3-].[Y].[Y].[Y]. The molecule has 12 heavy (non-hydrogen) atoms. The first-order valence-corrected chi connectivity index (χ1v) is 4.67. The van der Waals surface area contributed by atoms with Crippen LogP contribution in [0.3, 0.4) is 0 Å². The second-order valence-corrected chi connectivity index (χ2v) is 3.92. The molecule has 2 nitrogen and oxygen atoms in total. The molecule has 69 valence electrons. The van der Waals surface area contributed by atoms with E-state index >= 15 is 0 Å². The Morgan fingerprint density at radius 3 is 1.33 bits per heavy atom. The van der Waals surface area contributed by atoms with E-state index in [1.54, 1.807) is 6.66 Å². The van der Waals surface area contributed by atoms with Crippen molar-refractivity contribution < 1.29 is 107 Å². The second-order valence-electron chi connectivity index (χ2n) is 0.989. The van der Waals surface area contributed by atoms with Gasteiger partial charge < -0.3 is 26.8 Å². The molecule has 3 radical (unpaired) electrons. The Morgan fingerprint density at radius 2 is 1.33 bits per heavy atom. The van der Waals surface area contributed by atoms with Crippen LogP contribution in [0.2, 0.25) is 0 Å². The smallest absolute Gasteiger partial charge is 0.162 e. The molecule has 0 aromatic carbocycles. The Balaban J connectivity index is -0.00000000833.